The predicted molar refractivity (Wildman–Crippen MR) is 64.0 cm³/mol. The van der Waals surface area contributed by atoms with Crippen molar-refractivity contribution in [1.82, 2.24) is 4.90 Å². The van der Waals surface area contributed by atoms with E-state index < -0.39 is 54.1 Å². The first kappa shape index (κ1) is 17.7. The Morgan fingerprint density at radius 1 is 1.30 bits per heavy atom. The number of β-amino-alcohol motifs (C(OH)–C–C–N with tert-alkyl or cyclic N) is 2. The zero-order valence-electron chi connectivity index (χ0n) is 10.5. The predicted octanol–water partition coefficient (Wildman–Crippen LogP) is -4.07. The highest BCUT2D eigenvalue weighted by Gasteiger charge is 2.41. The quantitative estimate of drug-likeness (QED) is 0.254. The topological polar surface area (TPSA) is 168 Å². The Morgan fingerprint density at radius 2 is 1.90 bits per heavy atom. The van der Waals surface area contributed by atoms with Gasteiger partial charge in [-0.25, -0.2) is 4.18 Å². The third-order valence-corrected chi connectivity index (χ3v) is 3.63. The molecule has 0 aromatic heterocycles. The van der Waals surface area contributed by atoms with E-state index in [-0.39, 0.29) is 13.1 Å². The summed E-state index contributed by atoms with van der Waals surface area (Å²) in [7, 11) is -4.84. The summed E-state index contributed by atoms with van der Waals surface area (Å²) in [4.78, 5) is 1.33. The molecular weight excluding hydrogens is 298 g/mol. The second-order valence-electron chi connectivity index (χ2n) is 4.57. The number of likely N-dealkylation sites (tertiary alicyclic amines) is 1. The molecule has 10 nitrogen and oxygen atoms in total. The van der Waals surface area contributed by atoms with E-state index in [1.165, 1.54) is 4.90 Å². The fraction of sp³-hybridized carbons (Fsp3) is 1.00. The number of nitrogens with zero attached hydrogens (tertiary/aromatic N) is 1. The third-order valence-electron chi connectivity index (χ3n) is 3.14. The molecule has 0 bridgehead atoms. The molecule has 0 radical (unpaired) electrons. The highest BCUT2D eigenvalue weighted by atomic mass is 32.3. The van der Waals surface area contributed by atoms with Crippen LogP contribution in [0.25, 0.3) is 0 Å². The van der Waals surface area contributed by atoms with Gasteiger partial charge in [0.1, 0.15) is 6.10 Å². The number of rotatable bonds is 7. The van der Waals surface area contributed by atoms with Gasteiger partial charge in [0.05, 0.1) is 37.6 Å². The zero-order chi connectivity index (χ0) is 15.5. The number of aliphatic hydroxyl groups excluding tert-OH is 5. The van der Waals surface area contributed by atoms with Crippen LogP contribution in [0.15, 0.2) is 0 Å². The molecule has 0 aromatic carbocycles. The van der Waals surface area contributed by atoms with E-state index in [2.05, 4.69) is 4.18 Å². The second-order valence-corrected chi connectivity index (χ2v) is 5.62. The summed E-state index contributed by atoms with van der Waals surface area (Å²) in [5, 5.41) is 46.9. The summed E-state index contributed by atoms with van der Waals surface area (Å²) >= 11 is 0. The number of hydrogen-bond donors (Lipinski definition) is 6. The van der Waals surface area contributed by atoms with Crippen molar-refractivity contribution in [1.29, 1.82) is 0 Å². The molecule has 1 aliphatic rings. The van der Waals surface area contributed by atoms with Crippen molar-refractivity contribution in [2.45, 2.75) is 30.5 Å². The fourth-order valence-corrected chi connectivity index (χ4v) is 2.62. The van der Waals surface area contributed by atoms with Crippen molar-refractivity contribution in [3.8, 4) is 0 Å². The summed E-state index contributed by atoms with van der Waals surface area (Å²) in [5.74, 6) is 0. The van der Waals surface area contributed by atoms with Crippen molar-refractivity contribution in [2.24, 2.45) is 0 Å². The molecule has 1 saturated heterocycles. The fourth-order valence-electron chi connectivity index (χ4n) is 2.12. The van der Waals surface area contributed by atoms with Crippen LogP contribution in [0.3, 0.4) is 0 Å². The molecule has 11 heteroatoms. The highest BCUT2D eigenvalue weighted by Crippen LogP contribution is 2.19. The maximum atomic E-state index is 10.5. The number of hydrogen-bond acceptors (Lipinski definition) is 9. The molecule has 120 valence electrons. The Bertz CT molecular complexity index is 402. The van der Waals surface area contributed by atoms with Crippen LogP contribution in [0.1, 0.15) is 0 Å². The van der Waals surface area contributed by atoms with E-state index in [0.29, 0.717) is 0 Å². The van der Waals surface area contributed by atoms with Crippen LogP contribution in [-0.4, -0.2) is 100 Å². The van der Waals surface area contributed by atoms with Crippen molar-refractivity contribution in [3.05, 3.63) is 0 Å². The summed E-state index contributed by atoms with van der Waals surface area (Å²) in [6.45, 7) is -1.68. The van der Waals surface area contributed by atoms with E-state index in [9.17, 15) is 23.7 Å². The summed E-state index contributed by atoms with van der Waals surface area (Å²) in [6.07, 6.45) is -5.44. The lowest BCUT2D eigenvalue weighted by atomic mass is 10.1. The molecule has 5 atom stereocenters. The Labute approximate surface area is 115 Å². The summed E-state index contributed by atoms with van der Waals surface area (Å²) in [6, 6.07) is -0.829. The minimum absolute atomic E-state index is 0.0481. The van der Waals surface area contributed by atoms with Gasteiger partial charge in [-0.15, -0.1) is 0 Å². The average Bonchev–Trinajstić information content (AvgIpc) is 2.60. The monoisotopic (exact) mass is 317 g/mol. The van der Waals surface area contributed by atoms with Gasteiger partial charge in [0, 0.05) is 13.1 Å². The van der Waals surface area contributed by atoms with Crippen LogP contribution >= 0.6 is 0 Å². The second kappa shape index (κ2) is 7.06. The van der Waals surface area contributed by atoms with Gasteiger partial charge < -0.3 is 25.5 Å². The third kappa shape index (κ3) is 4.58. The minimum atomic E-state index is -4.84. The number of aliphatic hydroxyl groups is 5. The molecule has 1 aliphatic heterocycles. The molecule has 0 saturated carbocycles. The molecule has 0 spiro atoms. The van der Waals surface area contributed by atoms with Crippen LogP contribution in [-0.2, 0) is 14.6 Å². The lowest BCUT2D eigenvalue weighted by molar-refractivity contribution is -0.0283. The Balaban J connectivity index is 2.66. The van der Waals surface area contributed by atoms with E-state index in [1.54, 1.807) is 0 Å². The van der Waals surface area contributed by atoms with E-state index in [1.807, 2.05) is 0 Å². The molecule has 0 unspecified atom stereocenters. The van der Waals surface area contributed by atoms with Gasteiger partial charge in [0.2, 0.25) is 0 Å². The molecule has 1 rings (SSSR count). The lowest BCUT2D eigenvalue weighted by Gasteiger charge is -2.28. The molecule has 20 heavy (non-hydrogen) atoms. The van der Waals surface area contributed by atoms with Crippen LogP contribution in [0.4, 0.5) is 0 Å². The Morgan fingerprint density at radius 3 is 2.35 bits per heavy atom. The zero-order valence-corrected chi connectivity index (χ0v) is 11.3. The largest absolute Gasteiger partial charge is 0.397 e. The standard InChI is InChI=1S/C9H19NO9S/c11-3-5-9(15)7(14)2-10(5)1-6(13)8(4-12)19-20(16,17)18/h5-9,11-15H,1-4H2,(H,16,17,18)/t5-,6+,7-,8+,9-/m1/s1. The first-order chi connectivity index (χ1) is 9.19. The highest BCUT2D eigenvalue weighted by molar-refractivity contribution is 7.80. The normalized spacial score (nSPS) is 31.4. The SMILES string of the molecule is O=S(=O)(O)O[C@@H](CO)[C@@H](O)CN1C[C@@H](O)[C@H](O)[C@H]1CO. The average molecular weight is 317 g/mol. The van der Waals surface area contributed by atoms with Crippen molar-refractivity contribution in [3.63, 3.8) is 0 Å². The van der Waals surface area contributed by atoms with Crippen LogP contribution < -0.4 is 0 Å². The molecule has 1 fully saturated rings. The van der Waals surface area contributed by atoms with Crippen LogP contribution in [0.2, 0.25) is 0 Å². The minimum Gasteiger partial charge on any atom is -0.395 e. The van der Waals surface area contributed by atoms with E-state index in [4.69, 9.17) is 14.8 Å². The van der Waals surface area contributed by atoms with Gasteiger partial charge in [-0.1, -0.05) is 0 Å². The Kier molecular flexibility index (Phi) is 6.25. The van der Waals surface area contributed by atoms with Gasteiger partial charge in [-0.05, 0) is 0 Å². The smallest absolute Gasteiger partial charge is 0.395 e. The first-order valence-corrected chi connectivity index (χ1v) is 7.21. The van der Waals surface area contributed by atoms with Gasteiger partial charge in [0.15, 0.2) is 0 Å². The Hall–Kier alpha value is -0.370. The van der Waals surface area contributed by atoms with Crippen molar-refractivity contribution in [2.75, 3.05) is 26.3 Å². The van der Waals surface area contributed by atoms with Gasteiger partial charge in [-0.3, -0.25) is 9.45 Å². The van der Waals surface area contributed by atoms with Crippen LogP contribution in [0.5, 0.6) is 0 Å². The van der Waals surface area contributed by atoms with E-state index >= 15 is 0 Å². The van der Waals surface area contributed by atoms with E-state index in [0.717, 1.165) is 0 Å². The van der Waals surface area contributed by atoms with Gasteiger partial charge in [0.25, 0.3) is 0 Å². The maximum absolute atomic E-state index is 10.5. The summed E-state index contributed by atoms with van der Waals surface area (Å²) in [5.41, 5.74) is 0. The molecule has 0 aromatic rings. The molecular formula is C9H19NO9S. The van der Waals surface area contributed by atoms with Crippen molar-refractivity contribution < 1.29 is 42.7 Å². The van der Waals surface area contributed by atoms with Crippen molar-refractivity contribution >= 4 is 10.4 Å². The maximum Gasteiger partial charge on any atom is 0.397 e. The van der Waals surface area contributed by atoms with Gasteiger partial charge >= 0.3 is 10.4 Å². The molecule has 0 amide bonds. The summed E-state index contributed by atoms with van der Waals surface area (Å²) < 4.78 is 33.7. The first-order valence-electron chi connectivity index (χ1n) is 5.85. The van der Waals surface area contributed by atoms with Crippen LogP contribution in [0, 0.1) is 0 Å². The molecule has 6 N–H and O–H groups in total. The molecule has 1 heterocycles. The molecule has 0 aliphatic carbocycles. The lowest BCUT2D eigenvalue weighted by Crippen LogP contribution is -2.47. The van der Waals surface area contributed by atoms with Gasteiger partial charge in [-0.2, -0.15) is 8.42 Å².